The molecule has 3 fully saturated rings. The first kappa shape index (κ1) is 21.3. The highest BCUT2D eigenvalue weighted by Gasteiger charge is 2.47. The molecule has 0 spiro atoms. The van der Waals surface area contributed by atoms with Crippen LogP contribution in [-0.4, -0.2) is 61.4 Å². The molecule has 9 heteroatoms. The minimum Gasteiger partial charge on any atom is -0.459 e. The Bertz CT molecular complexity index is 1010. The van der Waals surface area contributed by atoms with Crippen molar-refractivity contribution >= 4 is 17.7 Å². The lowest BCUT2D eigenvalue weighted by Crippen LogP contribution is -2.44. The van der Waals surface area contributed by atoms with Crippen molar-refractivity contribution in [3.05, 3.63) is 11.8 Å². The minimum atomic E-state index is -0.458. The van der Waals surface area contributed by atoms with Crippen molar-refractivity contribution in [2.24, 2.45) is 11.8 Å². The molecule has 174 valence electrons. The molecule has 2 aromatic heterocycles. The Balaban J connectivity index is 1.27. The molecule has 2 saturated carbocycles. The summed E-state index contributed by atoms with van der Waals surface area (Å²) in [4.78, 5) is 23.6. The van der Waals surface area contributed by atoms with Gasteiger partial charge in [0, 0.05) is 25.2 Å². The zero-order chi connectivity index (χ0) is 22.6. The molecule has 1 aliphatic heterocycles. The highest BCUT2D eigenvalue weighted by atomic mass is 16.6. The second kappa shape index (κ2) is 7.78. The number of piperidine rings is 1. The van der Waals surface area contributed by atoms with E-state index < -0.39 is 5.60 Å². The van der Waals surface area contributed by atoms with Crippen LogP contribution in [0.1, 0.15) is 71.9 Å². The van der Waals surface area contributed by atoms with Crippen LogP contribution in [0.3, 0.4) is 0 Å². The second-order valence-electron chi connectivity index (χ2n) is 10.8. The average molecular weight is 443 g/mol. The number of nitrogens with one attached hydrogen (secondary N) is 1. The molecule has 1 amide bonds. The summed E-state index contributed by atoms with van der Waals surface area (Å²) in [5.41, 5.74) is 0.523. The molecule has 9 nitrogen and oxygen atoms in total. The van der Waals surface area contributed by atoms with Crippen LogP contribution in [0, 0.1) is 11.8 Å². The van der Waals surface area contributed by atoms with Crippen molar-refractivity contribution in [3.8, 4) is 6.01 Å². The molecular weight excluding hydrogens is 408 g/mol. The lowest BCUT2D eigenvalue weighted by Gasteiger charge is -2.33. The zero-order valence-electron chi connectivity index (χ0n) is 19.7. The molecule has 0 unspecified atom stereocenters. The van der Waals surface area contributed by atoms with Crippen molar-refractivity contribution in [2.45, 2.75) is 84.0 Å². The van der Waals surface area contributed by atoms with E-state index in [-0.39, 0.29) is 24.2 Å². The number of likely N-dealkylation sites (tertiary alicyclic amines) is 1. The number of amides is 1. The summed E-state index contributed by atoms with van der Waals surface area (Å²) < 4.78 is 13.1. The standard InChI is InChI=1S/C23H34N6O3/c1-13(2)18-10-19(29-20(25-18)26-21(27-29)31-17-6-7-17)24-11-14-8-16-9-15(14)12-28(16)22(30)32-23(3,4)5/h10,13-17,24H,6-9,11-12H2,1-5H3/t14-,15-,16+/m0/s1. The number of carbonyl (C=O) groups excluding carboxylic acids is 1. The topological polar surface area (TPSA) is 93.9 Å². The monoisotopic (exact) mass is 442 g/mol. The van der Waals surface area contributed by atoms with Crippen LogP contribution in [0.4, 0.5) is 10.6 Å². The molecule has 3 heterocycles. The van der Waals surface area contributed by atoms with Crippen LogP contribution in [0.25, 0.3) is 5.78 Å². The minimum absolute atomic E-state index is 0.181. The Morgan fingerprint density at radius 1 is 1.25 bits per heavy atom. The van der Waals surface area contributed by atoms with E-state index in [1.807, 2.05) is 25.7 Å². The maximum Gasteiger partial charge on any atom is 0.410 e. The van der Waals surface area contributed by atoms with Gasteiger partial charge in [0.25, 0.3) is 5.78 Å². The number of aromatic nitrogens is 4. The van der Waals surface area contributed by atoms with Gasteiger partial charge >= 0.3 is 12.1 Å². The Kier molecular flexibility index (Phi) is 5.17. The van der Waals surface area contributed by atoms with Gasteiger partial charge in [0.1, 0.15) is 17.5 Å². The Labute approximate surface area is 188 Å². The molecule has 5 rings (SSSR count). The molecule has 0 radical (unpaired) electrons. The van der Waals surface area contributed by atoms with Crippen molar-refractivity contribution in [3.63, 3.8) is 0 Å². The highest BCUT2D eigenvalue weighted by Crippen LogP contribution is 2.42. The van der Waals surface area contributed by atoms with Gasteiger partial charge in [0.15, 0.2) is 0 Å². The van der Waals surface area contributed by atoms with Crippen molar-refractivity contribution < 1.29 is 14.3 Å². The van der Waals surface area contributed by atoms with Gasteiger partial charge in [-0.05, 0) is 64.2 Å². The molecule has 2 aliphatic carbocycles. The average Bonchev–Trinajstić information content (AvgIpc) is 3.10. The fourth-order valence-electron chi connectivity index (χ4n) is 4.76. The van der Waals surface area contributed by atoms with E-state index in [0.29, 0.717) is 23.6 Å². The number of anilines is 1. The van der Waals surface area contributed by atoms with Crippen molar-refractivity contribution in [1.82, 2.24) is 24.5 Å². The molecule has 32 heavy (non-hydrogen) atoms. The van der Waals surface area contributed by atoms with E-state index in [4.69, 9.17) is 9.47 Å². The van der Waals surface area contributed by atoms with Gasteiger partial charge in [-0.3, -0.25) is 0 Å². The molecule has 1 N–H and O–H groups in total. The quantitative estimate of drug-likeness (QED) is 0.726. The third-order valence-corrected chi connectivity index (χ3v) is 6.56. The lowest BCUT2D eigenvalue weighted by atomic mass is 9.94. The first-order valence-corrected chi connectivity index (χ1v) is 11.8. The van der Waals surface area contributed by atoms with E-state index in [9.17, 15) is 4.79 Å². The highest BCUT2D eigenvalue weighted by molar-refractivity contribution is 5.69. The summed E-state index contributed by atoms with van der Waals surface area (Å²) in [6, 6.07) is 2.74. The molecule has 2 aromatic rings. The van der Waals surface area contributed by atoms with Crippen LogP contribution in [0.15, 0.2) is 6.07 Å². The maximum absolute atomic E-state index is 12.5. The Morgan fingerprint density at radius 2 is 2.03 bits per heavy atom. The lowest BCUT2D eigenvalue weighted by molar-refractivity contribution is 0.0165. The fraction of sp³-hybridized carbons (Fsp3) is 0.739. The molecule has 1 saturated heterocycles. The normalized spacial score (nSPS) is 25.1. The van der Waals surface area contributed by atoms with Gasteiger partial charge in [-0.15, -0.1) is 5.10 Å². The van der Waals surface area contributed by atoms with Gasteiger partial charge < -0.3 is 19.7 Å². The van der Waals surface area contributed by atoms with Crippen molar-refractivity contribution in [2.75, 3.05) is 18.4 Å². The van der Waals surface area contributed by atoms with Crippen LogP contribution in [-0.2, 0) is 4.74 Å². The van der Waals surface area contributed by atoms with Gasteiger partial charge in [-0.2, -0.15) is 9.50 Å². The van der Waals surface area contributed by atoms with Crippen LogP contribution < -0.4 is 10.1 Å². The van der Waals surface area contributed by atoms with Crippen LogP contribution >= 0.6 is 0 Å². The molecule has 3 atom stereocenters. The van der Waals surface area contributed by atoms with E-state index in [1.54, 1.807) is 4.52 Å². The third-order valence-electron chi connectivity index (χ3n) is 6.56. The Morgan fingerprint density at radius 3 is 2.66 bits per heavy atom. The van der Waals surface area contributed by atoms with Gasteiger partial charge in [-0.1, -0.05) is 13.8 Å². The predicted octanol–water partition coefficient (Wildman–Crippen LogP) is 3.85. The Hall–Kier alpha value is -2.58. The van der Waals surface area contributed by atoms with E-state index in [0.717, 1.165) is 50.3 Å². The number of ether oxygens (including phenoxy) is 2. The summed E-state index contributed by atoms with van der Waals surface area (Å²) in [5, 5.41) is 8.15. The van der Waals surface area contributed by atoms with Crippen LogP contribution in [0.5, 0.6) is 6.01 Å². The fourth-order valence-corrected chi connectivity index (χ4v) is 4.76. The SMILES string of the molecule is CC(C)c1cc(NC[C@@H]2C[C@@H]3C[C@H]2CN3C(=O)OC(C)(C)C)n2nc(OC3CC3)nc2n1. The number of fused-ring (bicyclic) bond motifs is 3. The van der Waals surface area contributed by atoms with E-state index in [1.165, 1.54) is 0 Å². The summed E-state index contributed by atoms with van der Waals surface area (Å²) in [7, 11) is 0. The molecule has 0 aromatic carbocycles. The molecular formula is C23H34N6O3. The smallest absolute Gasteiger partial charge is 0.410 e. The summed E-state index contributed by atoms with van der Waals surface area (Å²) in [6.07, 6.45) is 4.24. The second-order valence-corrected chi connectivity index (χ2v) is 10.8. The maximum atomic E-state index is 12.5. The van der Waals surface area contributed by atoms with Gasteiger partial charge in [0.2, 0.25) is 0 Å². The summed E-state index contributed by atoms with van der Waals surface area (Å²) in [6.45, 7) is 11.6. The number of carbonyl (C=O) groups is 1. The van der Waals surface area contributed by atoms with E-state index >= 15 is 0 Å². The molecule has 2 bridgehead atoms. The zero-order valence-corrected chi connectivity index (χ0v) is 19.7. The largest absolute Gasteiger partial charge is 0.459 e. The van der Waals surface area contributed by atoms with Crippen LogP contribution in [0.2, 0.25) is 0 Å². The predicted molar refractivity (Wildman–Crippen MR) is 120 cm³/mol. The van der Waals surface area contributed by atoms with Crippen molar-refractivity contribution in [1.29, 1.82) is 0 Å². The number of rotatable bonds is 6. The number of hydrogen-bond acceptors (Lipinski definition) is 7. The third kappa shape index (κ3) is 4.34. The summed E-state index contributed by atoms with van der Waals surface area (Å²) in [5.74, 6) is 2.75. The first-order valence-electron chi connectivity index (χ1n) is 11.8. The first-order chi connectivity index (χ1) is 15.2. The number of nitrogens with zero attached hydrogens (tertiary/aromatic N) is 5. The van der Waals surface area contributed by atoms with Gasteiger partial charge in [-0.25, -0.2) is 9.78 Å². The summed E-state index contributed by atoms with van der Waals surface area (Å²) >= 11 is 0. The van der Waals surface area contributed by atoms with Gasteiger partial charge in [0.05, 0.1) is 5.69 Å². The number of hydrogen-bond donors (Lipinski definition) is 1. The molecule has 3 aliphatic rings. The van der Waals surface area contributed by atoms with E-state index in [2.05, 4.69) is 40.3 Å².